The number of rotatable bonds is 3. The third-order valence-electron chi connectivity index (χ3n) is 4.54. The van der Waals surface area contributed by atoms with Gasteiger partial charge in [-0.25, -0.2) is 0 Å². The van der Waals surface area contributed by atoms with Crippen LogP contribution >= 0.6 is 0 Å². The molecule has 0 radical (unpaired) electrons. The number of alkyl halides is 3. The summed E-state index contributed by atoms with van der Waals surface area (Å²) in [6.07, 6.45) is -1.03. The van der Waals surface area contributed by atoms with E-state index in [1.54, 1.807) is 0 Å². The van der Waals surface area contributed by atoms with Crippen LogP contribution in [0.2, 0.25) is 0 Å². The SMILES string of the molecule is CCN1CCCCC1CN1CCC(=O)NCC1C(F)(F)F. The lowest BCUT2D eigenvalue weighted by Crippen LogP contribution is -2.55. The Bertz CT molecular complexity index is 362. The van der Waals surface area contributed by atoms with E-state index in [2.05, 4.69) is 10.2 Å². The van der Waals surface area contributed by atoms with Crippen molar-refractivity contribution in [3.63, 3.8) is 0 Å². The molecule has 122 valence electrons. The number of piperidine rings is 1. The average Bonchev–Trinajstić information content (AvgIpc) is 2.61. The topological polar surface area (TPSA) is 35.6 Å². The van der Waals surface area contributed by atoms with Gasteiger partial charge in [-0.05, 0) is 25.9 Å². The lowest BCUT2D eigenvalue weighted by Gasteiger charge is -2.40. The van der Waals surface area contributed by atoms with Crippen LogP contribution in [-0.4, -0.2) is 66.7 Å². The number of amides is 1. The van der Waals surface area contributed by atoms with Gasteiger partial charge in [-0.2, -0.15) is 13.2 Å². The Kier molecular flexibility index (Phi) is 5.48. The molecular formula is C14H24F3N3O. The van der Waals surface area contributed by atoms with Crippen molar-refractivity contribution in [2.75, 3.05) is 32.7 Å². The second-order valence-corrected chi connectivity index (χ2v) is 5.88. The first-order valence-corrected chi connectivity index (χ1v) is 7.73. The van der Waals surface area contributed by atoms with Gasteiger partial charge in [0.15, 0.2) is 0 Å². The zero-order chi connectivity index (χ0) is 15.5. The smallest absolute Gasteiger partial charge is 0.354 e. The van der Waals surface area contributed by atoms with Crippen LogP contribution in [-0.2, 0) is 4.79 Å². The predicted molar refractivity (Wildman–Crippen MR) is 73.9 cm³/mol. The zero-order valence-corrected chi connectivity index (χ0v) is 12.5. The van der Waals surface area contributed by atoms with Crippen molar-refractivity contribution in [1.29, 1.82) is 0 Å². The quantitative estimate of drug-likeness (QED) is 0.860. The summed E-state index contributed by atoms with van der Waals surface area (Å²) in [5.41, 5.74) is 0. The van der Waals surface area contributed by atoms with Crippen LogP contribution in [0.5, 0.6) is 0 Å². The molecule has 2 aliphatic heterocycles. The first-order chi connectivity index (χ1) is 9.91. The molecule has 2 saturated heterocycles. The molecule has 0 aromatic rings. The van der Waals surface area contributed by atoms with Crippen molar-refractivity contribution in [3.05, 3.63) is 0 Å². The Morgan fingerprint density at radius 2 is 2.00 bits per heavy atom. The van der Waals surface area contributed by atoms with Crippen molar-refractivity contribution in [3.8, 4) is 0 Å². The molecular weight excluding hydrogens is 283 g/mol. The van der Waals surface area contributed by atoms with Crippen LogP contribution in [0, 0.1) is 0 Å². The Morgan fingerprint density at radius 3 is 2.67 bits per heavy atom. The molecule has 2 atom stereocenters. The van der Waals surface area contributed by atoms with Gasteiger partial charge in [0.1, 0.15) is 6.04 Å². The number of hydrogen-bond donors (Lipinski definition) is 1. The molecule has 0 bridgehead atoms. The molecule has 0 aromatic heterocycles. The van der Waals surface area contributed by atoms with Crippen molar-refractivity contribution < 1.29 is 18.0 Å². The van der Waals surface area contributed by atoms with Gasteiger partial charge in [-0.3, -0.25) is 14.6 Å². The summed E-state index contributed by atoms with van der Waals surface area (Å²) in [7, 11) is 0. The van der Waals surface area contributed by atoms with Gasteiger partial charge in [0.25, 0.3) is 0 Å². The van der Waals surface area contributed by atoms with Gasteiger partial charge in [-0.1, -0.05) is 13.3 Å². The molecule has 0 aliphatic carbocycles. The number of carbonyl (C=O) groups excluding carboxylic acids is 1. The van der Waals surface area contributed by atoms with E-state index in [4.69, 9.17) is 0 Å². The van der Waals surface area contributed by atoms with Gasteiger partial charge < -0.3 is 5.32 Å². The summed E-state index contributed by atoms with van der Waals surface area (Å²) in [6.45, 7) is 4.13. The van der Waals surface area contributed by atoms with Crippen molar-refractivity contribution in [1.82, 2.24) is 15.1 Å². The molecule has 7 heteroatoms. The van der Waals surface area contributed by atoms with Gasteiger partial charge in [-0.15, -0.1) is 0 Å². The minimum atomic E-state index is -4.30. The van der Waals surface area contributed by atoms with E-state index in [-0.39, 0.29) is 31.5 Å². The summed E-state index contributed by atoms with van der Waals surface area (Å²) in [4.78, 5) is 15.1. The molecule has 4 nitrogen and oxygen atoms in total. The minimum Gasteiger partial charge on any atom is -0.354 e. The molecule has 1 N–H and O–H groups in total. The maximum absolute atomic E-state index is 13.2. The summed E-state index contributed by atoms with van der Waals surface area (Å²) in [5.74, 6) is -0.289. The third-order valence-corrected chi connectivity index (χ3v) is 4.54. The van der Waals surface area contributed by atoms with Crippen LogP contribution < -0.4 is 5.32 Å². The standard InChI is InChI=1S/C14H24F3N3O/c1-2-19-7-4-3-5-11(19)10-20-8-6-13(21)18-9-12(20)14(15,16)17/h11-12H,2-10H2,1H3,(H,18,21). The third kappa shape index (κ3) is 4.32. The summed E-state index contributed by atoms with van der Waals surface area (Å²) >= 11 is 0. The van der Waals surface area contributed by atoms with Crippen LogP contribution in [0.25, 0.3) is 0 Å². The fraction of sp³-hybridized carbons (Fsp3) is 0.929. The average molecular weight is 307 g/mol. The first kappa shape index (κ1) is 16.5. The molecule has 0 aromatic carbocycles. The Labute approximate surface area is 123 Å². The molecule has 2 rings (SSSR count). The highest BCUT2D eigenvalue weighted by molar-refractivity contribution is 5.76. The van der Waals surface area contributed by atoms with E-state index in [1.807, 2.05) is 6.92 Å². The van der Waals surface area contributed by atoms with E-state index >= 15 is 0 Å². The Morgan fingerprint density at radius 1 is 1.24 bits per heavy atom. The Hall–Kier alpha value is -0.820. The van der Waals surface area contributed by atoms with Crippen LogP contribution in [0.4, 0.5) is 13.2 Å². The van der Waals surface area contributed by atoms with Crippen LogP contribution in [0.3, 0.4) is 0 Å². The molecule has 1 amide bonds. The molecule has 2 aliphatic rings. The van der Waals surface area contributed by atoms with E-state index in [0.717, 1.165) is 32.4 Å². The normalized spacial score (nSPS) is 30.0. The maximum atomic E-state index is 13.2. The number of nitrogens with one attached hydrogen (secondary N) is 1. The van der Waals surface area contributed by atoms with E-state index in [9.17, 15) is 18.0 Å². The Balaban J connectivity index is 2.07. The van der Waals surface area contributed by atoms with Gasteiger partial charge in [0.05, 0.1) is 0 Å². The number of carbonyl (C=O) groups is 1. The highest BCUT2D eigenvalue weighted by Gasteiger charge is 2.45. The molecule has 0 spiro atoms. The van der Waals surface area contributed by atoms with Crippen LogP contribution in [0.1, 0.15) is 32.6 Å². The molecule has 2 unspecified atom stereocenters. The van der Waals surface area contributed by atoms with Crippen molar-refractivity contribution >= 4 is 5.91 Å². The second-order valence-electron chi connectivity index (χ2n) is 5.88. The first-order valence-electron chi connectivity index (χ1n) is 7.73. The summed E-state index contributed by atoms with van der Waals surface area (Å²) < 4.78 is 39.7. The summed E-state index contributed by atoms with van der Waals surface area (Å²) in [5, 5.41) is 2.38. The molecule has 0 saturated carbocycles. The van der Waals surface area contributed by atoms with Gasteiger partial charge in [0.2, 0.25) is 5.91 Å². The molecule has 2 fully saturated rings. The number of nitrogens with zero attached hydrogens (tertiary/aromatic N) is 2. The second kappa shape index (κ2) is 6.96. The van der Waals surface area contributed by atoms with E-state index < -0.39 is 12.2 Å². The lowest BCUT2D eigenvalue weighted by molar-refractivity contribution is -0.183. The molecule has 2 heterocycles. The van der Waals surface area contributed by atoms with Crippen molar-refractivity contribution in [2.45, 2.75) is 50.9 Å². The van der Waals surface area contributed by atoms with Crippen molar-refractivity contribution in [2.24, 2.45) is 0 Å². The maximum Gasteiger partial charge on any atom is 0.405 e. The van der Waals surface area contributed by atoms with Gasteiger partial charge >= 0.3 is 6.18 Å². The van der Waals surface area contributed by atoms with Crippen LogP contribution in [0.15, 0.2) is 0 Å². The minimum absolute atomic E-state index is 0.144. The zero-order valence-electron chi connectivity index (χ0n) is 12.5. The number of halogens is 3. The number of hydrogen-bond acceptors (Lipinski definition) is 3. The largest absolute Gasteiger partial charge is 0.405 e. The number of likely N-dealkylation sites (tertiary alicyclic amines) is 1. The highest BCUT2D eigenvalue weighted by Crippen LogP contribution is 2.27. The highest BCUT2D eigenvalue weighted by atomic mass is 19.4. The van der Waals surface area contributed by atoms with E-state index in [1.165, 1.54) is 4.90 Å². The lowest BCUT2D eigenvalue weighted by atomic mass is 10.0. The van der Waals surface area contributed by atoms with Gasteiger partial charge in [0, 0.05) is 32.1 Å². The molecule has 21 heavy (non-hydrogen) atoms. The monoisotopic (exact) mass is 307 g/mol. The van der Waals surface area contributed by atoms with E-state index in [0.29, 0.717) is 6.54 Å². The summed E-state index contributed by atoms with van der Waals surface area (Å²) in [6, 6.07) is -1.40. The number of likely N-dealkylation sites (N-methyl/N-ethyl adjacent to an activating group) is 1. The predicted octanol–water partition coefficient (Wildman–Crippen LogP) is 1.61. The fourth-order valence-electron chi connectivity index (χ4n) is 3.32. The fourth-order valence-corrected chi connectivity index (χ4v) is 3.32.